The van der Waals surface area contributed by atoms with Gasteiger partial charge in [-0.3, -0.25) is 14.4 Å². The van der Waals surface area contributed by atoms with Gasteiger partial charge in [0, 0.05) is 31.6 Å². The Morgan fingerprint density at radius 1 is 1.25 bits per heavy atom. The number of amides is 2. The van der Waals surface area contributed by atoms with E-state index in [1.807, 2.05) is 18.2 Å². The third-order valence-corrected chi connectivity index (χ3v) is 4.86. The molecule has 2 amide bonds. The number of fused-ring (bicyclic) bond motifs is 1. The quantitative estimate of drug-likeness (QED) is 0.892. The van der Waals surface area contributed by atoms with Crippen LogP contribution in [0.5, 0.6) is 0 Å². The lowest BCUT2D eigenvalue weighted by Crippen LogP contribution is -2.45. The molecule has 128 valence electrons. The number of piperidine rings is 1. The Balaban J connectivity index is 1.56. The number of carbonyl (C=O) groups is 3. The van der Waals surface area contributed by atoms with Crippen molar-refractivity contribution in [3.05, 3.63) is 35.4 Å². The van der Waals surface area contributed by atoms with Gasteiger partial charge in [-0.1, -0.05) is 18.2 Å². The number of carboxylic acids is 1. The minimum atomic E-state index is -0.793. The topological polar surface area (TPSA) is 77.9 Å². The highest BCUT2D eigenvalue weighted by Crippen LogP contribution is 2.24. The maximum absolute atomic E-state index is 12.6. The van der Waals surface area contributed by atoms with Gasteiger partial charge in [-0.15, -0.1) is 0 Å². The summed E-state index contributed by atoms with van der Waals surface area (Å²) in [6.07, 6.45) is 2.61. The predicted octanol–water partition coefficient (Wildman–Crippen LogP) is 1.75. The van der Waals surface area contributed by atoms with Crippen LogP contribution in [-0.2, 0) is 16.1 Å². The average Bonchev–Trinajstić information content (AvgIpc) is 2.89. The Kier molecular flexibility index (Phi) is 4.83. The van der Waals surface area contributed by atoms with Crippen molar-refractivity contribution in [2.75, 3.05) is 19.6 Å². The Morgan fingerprint density at radius 2 is 2.04 bits per heavy atom. The Morgan fingerprint density at radius 3 is 2.79 bits per heavy atom. The van der Waals surface area contributed by atoms with Gasteiger partial charge >= 0.3 is 5.97 Å². The fourth-order valence-electron chi connectivity index (χ4n) is 3.56. The molecule has 1 N–H and O–H groups in total. The Bertz CT molecular complexity index is 658. The molecule has 3 rings (SSSR count). The summed E-state index contributed by atoms with van der Waals surface area (Å²) in [4.78, 5) is 39.0. The fourth-order valence-corrected chi connectivity index (χ4v) is 3.56. The van der Waals surface area contributed by atoms with Crippen molar-refractivity contribution in [2.45, 2.75) is 32.2 Å². The molecular weight excluding hydrogens is 308 g/mol. The van der Waals surface area contributed by atoms with E-state index in [-0.39, 0.29) is 30.7 Å². The zero-order chi connectivity index (χ0) is 17.1. The van der Waals surface area contributed by atoms with Crippen LogP contribution >= 0.6 is 0 Å². The van der Waals surface area contributed by atoms with Crippen LogP contribution in [0.4, 0.5) is 0 Å². The standard InChI is InChI=1S/C18H22N2O4/c21-16(19-9-3-4-13(10-19)7-8-17(22)23)12-20-11-14-5-1-2-6-15(14)18(20)24/h1-2,5-6,13H,3-4,7-12H2,(H,22,23). The van der Waals surface area contributed by atoms with E-state index in [0.717, 1.165) is 18.4 Å². The second-order valence-corrected chi connectivity index (χ2v) is 6.60. The van der Waals surface area contributed by atoms with E-state index in [4.69, 9.17) is 5.11 Å². The number of likely N-dealkylation sites (tertiary alicyclic amines) is 1. The normalized spacial score (nSPS) is 20.2. The molecule has 0 aliphatic carbocycles. The largest absolute Gasteiger partial charge is 0.481 e. The number of benzene rings is 1. The summed E-state index contributed by atoms with van der Waals surface area (Å²) in [5.74, 6) is -0.682. The van der Waals surface area contributed by atoms with Crippen molar-refractivity contribution in [1.29, 1.82) is 0 Å². The number of hydrogen-bond acceptors (Lipinski definition) is 3. The lowest BCUT2D eigenvalue weighted by molar-refractivity contribution is -0.137. The highest BCUT2D eigenvalue weighted by molar-refractivity contribution is 6.00. The molecule has 1 fully saturated rings. The maximum atomic E-state index is 12.6. The lowest BCUT2D eigenvalue weighted by Gasteiger charge is -2.33. The van der Waals surface area contributed by atoms with Crippen LogP contribution in [0.25, 0.3) is 0 Å². The van der Waals surface area contributed by atoms with E-state index in [1.165, 1.54) is 0 Å². The molecule has 2 aliphatic heterocycles. The van der Waals surface area contributed by atoms with E-state index >= 15 is 0 Å². The van der Waals surface area contributed by atoms with Crippen LogP contribution in [0.15, 0.2) is 24.3 Å². The number of carboxylic acid groups (broad SMARTS) is 1. The van der Waals surface area contributed by atoms with E-state index in [0.29, 0.717) is 31.6 Å². The second kappa shape index (κ2) is 7.03. The summed E-state index contributed by atoms with van der Waals surface area (Å²) in [7, 11) is 0. The molecule has 1 aromatic rings. The molecule has 0 radical (unpaired) electrons. The fraction of sp³-hybridized carbons (Fsp3) is 0.500. The smallest absolute Gasteiger partial charge is 0.303 e. The summed E-state index contributed by atoms with van der Waals surface area (Å²) < 4.78 is 0. The second-order valence-electron chi connectivity index (χ2n) is 6.60. The van der Waals surface area contributed by atoms with Gasteiger partial charge in [0.1, 0.15) is 6.54 Å². The van der Waals surface area contributed by atoms with E-state index in [1.54, 1.807) is 15.9 Å². The average molecular weight is 330 g/mol. The maximum Gasteiger partial charge on any atom is 0.303 e. The zero-order valence-corrected chi connectivity index (χ0v) is 13.6. The molecule has 1 saturated heterocycles. The van der Waals surface area contributed by atoms with Gasteiger partial charge in [-0.2, -0.15) is 0 Å². The molecule has 6 heteroatoms. The van der Waals surface area contributed by atoms with Gasteiger partial charge in [-0.25, -0.2) is 0 Å². The summed E-state index contributed by atoms with van der Waals surface area (Å²) in [5, 5.41) is 8.80. The first-order chi connectivity index (χ1) is 11.5. The van der Waals surface area contributed by atoms with Crippen molar-refractivity contribution in [3.63, 3.8) is 0 Å². The molecule has 2 heterocycles. The van der Waals surface area contributed by atoms with Crippen LogP contribution in [-0.4, -0.2) is 52.3 Å². The van der Waals surface area contributed by atoms with E-state index in [2.05, 4.69) is 0 Å². The number of rotatable bonds is 5. The summed E-state index contributed by atoms with van der Waals surface area (Å²) in [6, 6.07) is 7.44. The van der Waals surface area contributed by atoms with Gasteiger partial charge in [0.15, 0.2) is 0 Å². The molecule has 0 aromatic heterocycles. The van der Waals surface area contributed by atoms with Gasteiger partial charge in [-0.05, 0) is 36.8 Å². The number of nitrogens with zero attached hydrogens (tertiary/aromatic N) is 2. The predicted molar refractivity (Wildman–Crippen MR) is 87.4 cm³/mol. The molecule has 0 bridgehead atoms. The Hall–Kier alpha value is -2.37. The van der Waals surface area contributed by atoms with Gasteiger partial charge in [0.25, 0.3) is 5.91 Å². The highest BCUT2D eigenvalue weighted by atomic mass is 16.4. The van der Waals surface area contributed by atoms with Crippen LogP contribution in [0.1, 0.15) is 41.6 Å². The minimum absolute atomic E-state index is 0.0452. The lowest BCUT2D eigenvalue weighted by atomic mass is 9.93. The molecule has 6 nitrogen and oxygen atoms in total. The summed E-state index contributed by atoms with van der Waals surface area (Å²) in [6.45, 7) is 1.87. The molecule has 0 saturated carbocycles. The third kappa shape index (κ3) is 3.58. The number of carbonyl (C=O) groups excluding carboxylic acids is 2. The van der Waals surface area contributed by atoms with Crippen LogP contribution in [0.2, 0.25) is 0 Å². The van der Waals surface area contributed by atoms with Crippen molar-refractivity contribution >= 4 is 17.8 Å². The minimum Gasteiger partial charge on any atom is -0.481 e. The summed E-state index contributed by atoms with van der Waals surface area (Å²) >= 11 is 0. The van der Waals surface area contributed by atoms with E-state index in [9.17, 15) is 14.4 Å². The first kappa shape index (κ1) is 16.5. The monoisotopic (exact) mass is 330 g/mol. The molecule has 1 aromatic carbocycles. The van der Waals surface area contributed by atoms with Gasteiger partial charge < -0.3 is 14.9 Å². The van der Waals surface area contributed by atoms with Crippen LogP contribution in [0.3, 0.4) is 0 Å². The third-order valence-electron chi connectivity index (χ3n) is 4.86. The number of hydrogen-bond donors (Lipinski definition) is 1. The van der Waals surface area contributed by atoms with Crippen LogP contribution in [0, 0.1) is 5.92 Å². The molecule has 2 aliphatic rings. The van der Waals surface area contributed by atoms with E-state index < -0.39 is 5.97 Å². The van der Waals surface area contributed by atoms with Crippen molar-refractivity contribution in [1.82, 2.24) is 9.80 Å². The van der Waals surface area contributed by atoms with Crippen molar-refractivity contribution < 1.29 is 19.5 Å². The van der Waals surface area contributed by atoms with Crippen molar-refractivity contribution in [2.24, 2.45) is 5.92 Å². The molecular formula is C18H22N2O4. The van der Waals surface area contributed by atoms with Gasteiger partial charge in [0.05, 0.1) is 0 Å². The molecule has 24 heavy (non-hydrogen) atoms. The SMILES string of the molecule is O=C(O)CCC1CCCN(C(=O)CN2Cc3ccccc3C2=O)C1. The van der Waals surface area contributed by atoms with Gasteiger partial charge in [0.2, 0.25) is 5.91 Å². The first-order valence-electron chi connectivity index (χ1n) is 8.41. The number of aliphatic carboxylic acids is 1. The molecule has 1 atom stereocenters. The summed E-state index contributed by atoms with van der Waals surface area (Å²) in [5.41, 5.74) is 1.65. The molecule has 0 spiro atoms. The van der Waals surface area contributed by atoms with Crippen molar-refractivity contribution in [3.8, 4) is 0 Å². The first-order valence-corrected chi connectivity index (χ1v) is 8.41. The highest BCUT2D eigenvalue weighted by Gasteiger charge is 2.31. The molecule has 1 unspecified atom stereocenters. The Labute approximate surface area is 141 Å². The zero-order valence-electron chi connectivity index (χ0n) is 13.6. The van der Waals surface area contributed by atoms with Crippen LogP contribution < -0.4 is 0 Å².